The molecule has 1 aromatic rings. The predicted octanol–water partition coefficient (Wildman–Crippen LogP) is 0.539. The Morgan fingerprint density at radius 2 is 2.05 bits per heavy atom. The summed E-state index contributed by atoms with van der Waals surface area (Å²) >= 11 is 0. The molecule has 0 bridgehead atoms. The molecule has 1 aliphatic rings. The molecule has 5 nitrogen and oxygen atoms in total. The van der Waals surface area contributed by atoms with Gasteiger partial charge in [0, 0.05) is 32.0 Å². The first-order valence-electron chi connectivity index (χ1n) is 7.18. The van der Waals surface area contributed by atoms with Crippen molar-refractivity contribution >= 4 is 5.91 Å². The van der Waals surface area contributed by atoms with Crippen LogP contribution in [0.15, 0.2) is 24.5 Å². The summed E-state index contributed by atoms with van der Waals surface area (Å²) in [6.45, 7) is 2.66. The fraction of sp³-hybridized carbons (Fsp3) is 0.600. The van der Waals surface area contributed by atoms with Gasteiger partial charge in [-0.15, -0.1) is 0 Å². The number of aliphatic hydroxyl groups excluding tert-OH is 1. The number of likely N-dealkylation sites (tertiary alicyclic amines) is 1. The first-order valence-corrected chi connectivity index (χ1v) is 7.18. The SMILES string of the molecule is CN(CCc1ccncc1)CC(=O)N1CCC(O)CC1. The molecule has 1 N–H and O–H groups in total. The van der Waals surface area contributed by atoms with Crippen molar-refractivity contribution in [3.63, 3.8) is 0 Å². The number of pyridine rings is 1. The van der Waals surface area contributed by atoms with Gasteiger partial charge in [0.05, 0.1) is 12.6 Å². The van der Waals surface area contributed by atoms with E-state index in [1.807, 2.05) is 29.0 Å². The number of hydrogen-bond acceptors (Lipinski definition) is 4. The van der Waals surface area contributed by atoms with Crippen LogP contribution in [0.25, 0.3) is 0 Å². The molecule has 1 aliphatic heterocycles. The molecular weight excluding hydrogens is 254 g/mol. The molecular formula is C15H23N3O2. The second-order valence-corrected chi connectivity index (χ2v) is 5.46. The molecule has 0 atom stereocenters. The molecule has 0 aromatic carbocycles. The molecule has 1 aromatic heterocycles. The van der Waals surface area contributed by atoms with Gasteiger partial charge in [0.25, 0.3) is 0 Å². The summed E-state index contributed by atoms with van der Waals surface area (Å²) in [6.07, 6.45) is 5.67. The van der Waals surface area contributed by atoms with Gasteiger partial charge in [-0.05, 0) is 44.0 Å². The number of amides is 1. The van der Waals surface area contributed by atoms with Gasteiger partial charge in [-0.25, -0.2) is 0 Å². The summed E-state index contributed by atoms with van der Waals surface area (Å²) in [4.78, 5) is 20.0. The van der Waals surface area contributed by atoms with Crippen LogP contribution in [0.3, 0.4) is 0 Å². The number of aliphatic hydroxyl groups is 1. The van der Waals surface area contributed by atoms with Gasteiger partial charge >= 0.3 is 0 Å². The molecule has 2 rings (SSSR count). The maximum absolute atomic E-state index is 12.1. The van der Waals surface area contributed by atoms with E-state index in [2.05, 4.69) is 4.98 Å². The van der Waals surface area contributed by atoms with Gasteiger partial charge < -0.3 is 10.0 Å². The number of carbonyl (C=O) groups excluding carboxylic acids is 1. The van der Waals surface area contributed by atoms with E-state index in [0.29, 0.717) is 32.5 Å². The van der Waals surface area contributed by atoms with Crippen molar-refractivity contribution in [1.29, 1.82) is 0 Å². The topological polar surface area (TPSA) is 56.7 Å². The minimum atomic E-state index is -0.233. The number of rotatable bonds is 5. The highest BCUT2D eigenvalue weighted by molar-refractivity contribution is 5.78. The lowest BCUT2D eigenvalue weighted by atomic mass is 10.1. The predicted molar refractivity (Wildman–Crippen MR) is 77.3 cm³/mol. The third-order valence-corrected chi connectivity index (χ3v) is 3.75. The Bertz CT molecular complexity index is 416. The highest BCUT2D eigenvalue weighted by atomic mass is 16.3. The lowest BCUT2D eigenvalue weighted by Gasteiger charge is -2.31. The van der Waals surface area contributed by atoms with E-state index in [4.69, 9.17) is 0 Å². The van der Waals surface area contributed by atoms with Crippen molar-refractivity contribution < 1.29 is 9.90 Å². The van der Waals surface area contributed by atoms with Crippen LogP contribution in [-0.2, 0) is 11.2 Å². The van der Waals surface area contributed by atoms with Gasteiger partial charge in [-0.3, -0.25) is 14.7 Å². The molecule has 1 saturated heterocycles. The van der Waals surface area contributed by atoms with Crippen LogP contribution in [0.2, 0.25) is 0 Å². The molecule has 0 saturated carbocycles. The van der Waals surface area contributed by atoms with Gasteiger partial charge in [-0.2, -0.15) is 0 Å². The lowest BCUT2D eigenvalue weighted by Crippen LogP contribution is -2.44. The fourth-order valence-corrected chi connectivity index (χ4v) is 2.39. The van der Waals surface area contributed by atoms with Gasteiger partial charge in [0.15, 0.2) is 0 Å². The fourth-order valence-electron chi connectivity index (χ4n) is 2.39. The number of hydrogen-bond donors (Lipinski definition) is 1. The highest BCUT2D eigenvalue weighted by Gasteiger charge is 2.21. The van der Waals surface area contributed by atoms with Crippen molar-refractivity contribution in [2.24, 2.45) is 0 Å². The summed E-state index contributed by atoms with van der Waals surface area (Å²) in [7, 11) is 1.97. The highest BCUT2D eigenvalue weighted by Crippen LogP contribution is 2.10. The standard InChI is InChI=1S/C15H23N3O2/c1-17(9-4-13-2-7-16-8-3-13)12-15(20)18-10-5-14(19)6-11-18/h2-3,7-8,14,19H,4-6,9-12H2,1H3. The molecule has 1 amide bonds. The zero-order valence-electron chi connectivity index (χ0n) is 12.0. The Balaban J connectivity index is 1.71. The molecule has 2 heterocycles. The summed E-state index contributed by atoms with van der Waals surface area (Å²) in [5, 5.41) is 9.45. The average Bonchev–Trinajstić information content (AvgIpc) is 2.47. The van der Waals surface area contributed by atoms with Crippen LogP contribution in [0.1, 0.15) is 18.4 Å². The normalized spacial score (nSPS) is 16.6. The number of carbonyl (C=O) groups is 1. The van der Waals surface area contributed by atoms with Gasteiger partial charge in [0.2, 0.25) is 5.91 Å². The Kier molecular flexibility index (Phi) is 5.49. The Hall–Kier alpha value is -1.46. The van der Waals surface area contributed by atoms with Crippen molar-refractivity contribution in [3.05, 3.63) is 30.1 Å². The monoisotopic (exact) mass is 277 g/mol. The van der Waals surface area contributed by atoms with E-state index >= 15 is 0 Å². The number of aromatic nitrogens is 1. The van der Waals surface area contributed by atoms with E-state index in [1.54, 1.807) is 12.4 Å². The lowest BCUT2D eigenvalue weighted by molar-refractivity contribution is -0.134. The van der Waals surface area contributed by atoms with Crippen LogP contribution in [-0.4, -0.2) is 65.1 Å². The molecule has 20 heavy (non-hydrogen) atoms. The van der Waals surface area contributed by atoms with Crippen molar-refractivity contribution in [1.82, 2.24) is 14.8 Å². The van der Waals surface area contributed by atoms with Gasteiger partial charge in [0.1, 0.15) is 0 Å². The first kappa shape index (κ1) is 14.9. The molecule has 0 spiro atoms. The maximum atomic E-state index is 12.1. The third kappa shape index (κ3) is 4.58. The summed E-state index contributed by atoms with van der Waals surface area (Å²) < 4.78 is 0. The number of nitrogens with zero attached hydrogens (tertiary/aromatic N) is 3. The quantitative estimate of drug-likeness (QED) is 0.853. The molecule has 0 unspecified atom stereocenters. The second-order valence-electron chi connectivity index (χ2n) is 5.46. The van der Waals surface area contributed by atoms with Crippen molar-refractivity contribution in [3.8, 4) is 0 Å². The minimum absolute atomic E-state index is 0.161. The number of piperidine rings is 1. The molecule has 5 heteroatoms. The number of likely N-dealkylation sites (N-methyl/N-ethyl adjacent to an activating group) is 1. The zero-order valence-corrected chi connectivity index (χ0v) is 12.0. The Labute approximate surface area is 120 Å². The maximum Gasteiger partial charge on any atom is 0.236 e. The zero-order chi connectivity index (χ0) is 14.4. The molecule has 0 radical (unpaired) electrons. The van der Waals surface area contributed by atoms with E-state index in [0.717, 1.165) is 13.0 Å². The van der Waals surface area contributed by atoms with Crippen molar-refractivity contribution in [2.75, 3.05) is 33.2 Å². The first-order chi connectivity index (χ1) is 9.65. The average molecular weight is 277 g/mol. The molecule has 1 fully saturated rings. The molecule has 0 aliphatic carbocycles. The Morgan fingerprint density at radius 3 is 2.70 bits per heavy atom. The summed E-state index contributed by atoms with van der Waals surface area (Å²) in [5.41, 5.74) is 1.24. The van der Waals surface area contributed by atoms with Crippen LogP contribution < -0.4 is 0 Å². The summed E-state index contributed by atoms with van der Waals surface area (Å²) in [6, 6.07) is 4.00. The van der Waals surface area contributed by atoms with Crippen LogP contribution in [0.5, 0.6) is 0 Å². The van der Waals surface area contributed by atoms with Crippen molar-refractivity contribution in [2.45, 2.75) is 25.4 Å². The van der Waals surface area contributed by atoms with E-state index < -0.39 is 0 Å². The largest absolute Gasteiger partial charge is 0.393 e. The van der Waals surface area contributed by atoms with E-state index in [9.17, 15) is 9.90 Å². The smallest absolute Gasteiger partial charge is 0.236 e. The van der Waals surface area contributed by atoms with E-state index in [-0.39, 0.29) is 12.0 Å². The third-order valence-electron chi connectivity index (χ3n) is 3.75. The van der Waals surface area contributed by atoms with Crippen LogP contribution >= 0.6 is 0 Å². The van der Waals surface area contributed by atoms with E-state index in [1.165, 1.54) is 5.56 Å². The Morgan fingerprint density at radius 1 is 1.40 bits per heavy atom. The van der Waals surface area contributed by atoms with Gasteiger partial charge in [-0.1, -0.05) is 0 Å². The molecule has 110 valence electrons. The minimum Gasteiger partial charge on any atom is -0.393 e. The van der Waals surface area contributed by atoms with Crippen LogP contribution in [0.4, 0.5) is 0 Å². The van der Waals surface area contributed by atoms with Crippen LogP contribution in [0, 0.1) is 0 Å². The second kappa shape index (κ2) is 7.36. The summed E-state index contributed by atoms with van der Waals surface area (Å²) in [5.74, 6) is 0.161.